The molecule has 18 heavy (non-hydrogen) atoms. The van der Waals surface area contributed by atoms with Gasteiger partial charge in [-0.1, -0.05) is 6.92 Å². The van der Waals surface area contributed by atoms with Gasteiger partial charge in [-0.25, -0.2) is 0 Å². The fourth-order valence-corrected chi connectivity index (χ4v) is 2.70. The van der Waals surface area contributed by atoms with Crippen LogP contribution in [0.25, 0.3) is 0 Å². The van der Waals surface area contributed by atoms with Crippen LogP contribution in [0.1, 0.15) is 35.7 Å². The van der Waals surface area contributed by atoms with Crippen molar-refractivity contribution in [2.24, 2.45) is 11.7 Å². The molecule has 2 atom stereocenters. The number of amides is 1. The van der Waals surface area contributed by atoms with Gasteiger partial charge in [0.25, 0.3) is 5.91 Å². The van der Waals surface area contributed by atoms with Gasteiger partial charge in [0.1, 0.15) is 0 Å². The van der Waals surface area contributed by atoms with Crippen LogP contribution in [0.4, 0.5) is 0 Å². The van der Waals surface area contributed by atoms with Crippen molar-refractivity contribution in [1.29, 1.82) is 0 Å². The Morgan fingerprint density at radius 1 is 1.56 bits per heavy atom. The third kappa shape index (κ3) is 2.53. The lowest BCUT2D eigenvalue weighted by Gasteiger charge is -2.39. The lowest BCUT2D eigenvalue weighted by molar-refractivity contribution is 0.0532. The zero-order valence-corrected chi connectivity index (χ0v) is 11.1. The zero-order valence-electron chi connectivity index (χ0n) is 11.1. The third-order valence-electron chi connectivity index (χ3n) is 3.74. The number of aromatic nitrogens is 1. The Labute approximate surface area is 108 Å². The Hall–Kier alpha value is -1.42. The molecule has 0 bridgehead atoms. The Morgan fingerprint density at radius 3 is 3.00 bits per heavy atom. The SMILES string of the molecule is Cc1cncc(C(=O)N2CCC[C@@H](C)[C@@H]2CN)c1. The number of carbonyl (C=O) groups is 1. The molecule has 0 radical (unpaired) electrons. The summed E-state index contributed by atoms with van der Waals surface area (Å²) in [6, 6.07) is 2.05. The minimum atomic E-state index is 0.0631. The molecule has 0 spiro atoms. The molecule has 1 saturated heterocycles. The Morgan fingerprint density at radius 2 is 2.33 bits per heavy atom. The van der Waals surface area contributed by atoms with Crippen LogP contribution in [0, 0.1) is 12.8 Å². The summed E-state index contributed by atoms with van der Waals surface area (Å²) in [4.78, 5) is 18.5. The lowest BCUT2D eigenvalue weighted by atomic mass is 9.90. The summed E-state index contributed by atoms with van der Waals surface area (Å²) in [5, 5.41) is 0. The molecule has 98 valence electrons. The predicted molar refractivity (Wildman–Crippen MR) is 71.3 cm³/mol. The monoisotopic (exact) mass is 247 g/mol. The van der Waals surface area contributed by atoms with Crippen molar-refractivity contribution in [2.45, 2.75) is 32.7 Å². The van der Waals surface area contributed by atoms with Gasteiger partial charge in [0.05, 0.1) is 5.56 Å². The Bertz CT molecular complexity index is 433. The van der Waals surface area contributed by atoms with Crippen LogP contribution in [-0.4, -0.2) is 34.9 Å². The summed E-state index contributed by atoms with van der Waals surface area (Å²) in [7, 11) is 0. The normalized spacial score (nSPS) is 24.1. The summed E-state index contributed by atoms with van der Waals surface area (Å²) >= 11 is 0. The summed E-state index contributed by atoms with van der Waals surface area (Å²) in [6.45, 7) is 5.46. The summed E-state index contributed by atoms with van der Waals surface area (Å²) in [5.41, 5.74) is 7.50. The van der Waals surface area contributed by atoms with E-state index in [1.54, 1.807) is 12.4 Å². The van der Waals surface area contributed by atoms with Crippen molar-refractivity contribution < 1.29 is 4.79 Å². The molecule has 1 aliphatic rings. The largest absolute Gasteiger partial charge is 0.334 e. The molecular weight excluding hydrogens is 226 g/mol. The number of nitrogens with zero attached hydrogens (tertiary/aromatic N) is 2. The van der Waals surface area contributed by atoms with Crippen LogP contribution in [-0.2, 0) is 0 Å². The molecule has 0 saturated carbocycles. The van der Waals surface area contributed by atoms with Gasteiger partial charge in [-0.2, -0.15) is 0 Å². The minimum absolute atomic E-state index is 0.0631. The van der Waals surface area contributed by atoms with E-state index in [-0.39, 0.29) is 11.9 Å². The first-order chi connectivity index (χ1) is 8.63. The third-order valence-corrected chi connectivity index (χ3v) is 3.74. The smallest absolute Gasteiger partial charge is 0.255 e. The maximum Gasteiger partial charge on any atom is 0.255 e. The molecule has 1 aliphatic heterocycles. The highest BCUT2D eigenvalue weighted by Gasteiger charge is 2.31. The number of aryl methyl sites for hydroxylation is 1. The van der Waals surface area contributed by atoms with E-state index in [0.717, 1.165) is 24.9 Å². The lowest BCUT2D eigenvalue weighted by Crippen LogP contribution is -2.51. The number of nitrogens with two attached hydrogens (primary N) is 1. The van der Waals surface area contributed by atoms with Crippen LogP contribution in [0.15, 0.2) is 18.5 Å². The van der Waals surface area contributed by atoms with Crippen LogP contribution in [0.3, 0.4) is 0 Å². The number of pyridine rings is 1. The molecule has 2 heterocycles. The van der Waals surface area contributed by atoms with Gasteiger partial charge < -0.3 is 10.6 Å². The number of piperidine rings is 1. The molecule has 2 N–H and O–H groups in total. The zero-order chi connectivity index (χ0) is 13.1. The van der Waals surface area contributed by atoms with E-state index >= 15 is 0 Å². The van der Waals surface area contributed by atoms with Gasteiger partial charge >= 0.3 is 0 Å². The molecule has 1 aromatic heterocycles. The highest BCUT2D eigenvalue weighted by molar-refractivity contribution is 5.94. The second-order valence-corrected chi connectivity index (χ2v) is 5.17. The van der Waals surface area contributed by atoms with E-state index < -0.39 is 0 Å². The van der Waals surface area contributed by atoms with E-state index in [1.165, 1.54) is 0 Å². The van der Waals surface area contributed by atoms with Crippen molar-refractivity contribution >= 4 is 5.91 Å². The molecule has 0 aromatic carbocycles. The van der Waals surface area contributed by atoms with Crippen molar-refractivity contribution in [3.63, 3.8) is 0 Å². The molecule has 0 aliphatic carbocycles. The Kier molecular flexibility index (Phi) is 3.97. The summed E-state index contributed by atoms with van der Waals surface area (Å²) in [5.74, 6) is 0.540. The average Bonchev–Trinajstić information content (AvgIpc) is 2.37. The van der Waals surface area contributed by atoms with E-state index in [0.29, 0.717) is 18.0 Å². The molecule has 0 unspecified atom stereocenters. The second kappa shape index (κ2) is 5.48. The molecule has 1 fully saturated rings. The standard InChI is InChI=1S/C14H21N3O/c1-10-6-12(9-16-8-10)14(18)17-5-3-4-11(2)13(17)7-15/h6,8-9,11,13H,3-5,7,15H2,1-2H3/t11-,13+/m1/s1. The molecule has 4 heteroatoms. The molecular formula is C14H21N3O. The summed E-state index contributed by atoms with van der Waals surface area (Å²) < 4.78 is 0. The van der Waals surface area contributed by atoms with E-state index in [4.69, 9.17) is 5.73 Å². The number of likely N-dealkylation sites (tertiary alicyclic amines) is 1. The number of rotatable bonds is 2. The number of carbonyl (C=O) groups excluding carboxylic acids is 1. The Balaban J connectivity index is 2.21. The van der Waals surface area contributed by atoms with E-state index in [9.17, 15) is 4.79 Å². The average molecular weight is 247 g/mol. The first-order valence-corrected chi connectivity index (χ1v) is 6.56. The van der Waals surface area contributed by atoms with Crippen LogP contribution in [0.2, 0.25) is 0 Å². The maximum absolute atomic E-state index is 12.5. The van der Waals surface area contributed by atoms with Crippen molar-refractivity contribution in [3.8, 4) is 0 Å². The van der Waals surface area contributed by atoms with Gasteiger partial charge in [-0.15, -0.1) is 0 Å². The molecule has 1 amide bonds. The van der Waals surface area contributed by atoms with Crippen LogP contribution < -0.4 is 5.73 Å². The summed E-state index contributed by atoms with van der Waals surface area (Å²) in [6.07, 6.45) is 5.61. The fourth-order valence-electron chi connectivity index (χ4n) is 2.70. The van der Waals surface area contributed by atoms with Gasteiger partial charge in [0, 0.05) is 31.5 Å². The first kappa shape index (κ1) is 13.0. The minimum Gasteiger partial charge on any atom is -0.334 e. The van der Waals surface area contributed by atoms with Crippen molar-refractivity contribution in [2.75, 3.05) is 13.1 Å². The number of hydrogen-bond acceptors (Lipinski definition) is 3. The first-order valence-electron chi connectivity index (χ1n) is 6.56. The molecule has 4 nitrogen and oxygen atoms in total. The maximum atomic E-state index is 12.5. The molecule has 1 aromatic rings. The van der Waals surface area contributed by atoms with Gasteiger partial charge in [0.2, 0.25) is 0 Å². The van der Waals surface area contributed by atoms with Gasteiger partial charge in [-0.05, 0) is 37.3 Å². The fraction of sp³-hybridized carbons (Fsp3) is 0.571. The van der Waals surface area contributed by atoms with E-state index in [2.05, 4.69) is 11.9 Å². The second-order valence-electron chi connectivity index (χ2n) is 5.17. The van der Waals surface area contributed by atoms with Crippen LogP contribution >= 0.6 is 0 Å². The highest BCUT2D eigenvalue weighted by atomic mass is 16.2. The number of hydrogen-bond donors (Lipinski definition) is 1. The van der Waals surface area contributed by atoms with Crippen LogP contribution in [0.5, 0.6) is 0 Å². The molecule has 2 rings (SSSR count). The highest BCUT2D eigenvalue weighted by Crippen LogP contribution is 2.24. The quantitative estimate of drug-likeness (QED) is 0.863. The van der Waals surface area contributed by atoms with E-state index in [1.807, 2.05) is 17.9 Å². The topological polar surface area (TPSA) is 59.2 Å². The predicted octanol–water partition coefficient (Wildman–Crippen LogP) is 1.59. The van der Waals surface area contributed by atoms with Crippen molar-refractivity contribution in [3.05, 3.63) is 29.6 Å². The van der Waals surface area contributed by atoms with Crippen molar-refractivity contribution in [1.82, 2.24) is 9.88 Å². The van der Waals surface area contributed by atoms with Gasteiger partial charge in [0.15, 0.2) is 0 Å². The van der Waals surface area contributed by atoms with Gasteiger partial charge in [-0.3, -0.25) is 9.78 Å².